The van der Waals surface area contributed by atoms with Crippen LogP contribution in [0.5, 0.6) is 0 Å². The molecule has 0 bridgehead atoms. The summed E-state index contributed by atoms with van der Waals surface area (Å²) in [6.07, 6.45) is 3.80. The highest BCUT2D eigenvalue weighted by Gasteiger charge is 2.03. The van der Waals surface area contributed by atoms with Gasteiger partial charge in [0, 0.05) is 6.92 Å². The number of carbonyl (C=O) groups excluding carboxylic acids is 1. The highest BCUT2D eigenvalue weighted by Crippen LogP contribution is 2.39. The molecule has 50 valence electrons. The number of nitrogens with one attached hydrogen (secondary N) is 1. The first-order chi connectivity index (χ1) is 3.42. The Bertz CT molecular complexity index is 96.7. The van der Waals surface area contributed by atoms with Crippen LogP contribution in [0.1, 0.15) is 6.92 Å². The van der Waals surface area contributed by atoms with Crippen LogP contribution in [0.3, 0.4) is 0 Å². The predicted molar refractivity (Wildman–Crippen MR) is 42.2 cm³/mol. The molecular weight excluding hydrogens is 142 g/mol. The smallest absolute Gasteiger partial charge is 0.226 e. The molecule has 0 atom stereocenters. The first-order valence-electron chi connectivity index (χ1n) is 2.16. The lowest BCUT2D eigenvalue weighted by Crippen LogP contribution is -2.19. The van der Waals surface area contributed by atoms with E-state index in [4.69, 9.17) is 0 Å². The molecule has 0 rings (SSSR count). The van der Waals surface area contributed by atoms with Gasteiger partial charge in [-0.25, -0.2) is 0 Å². The van der Waals surface area contributed by atoms with Crippen molar-refractivity contribution in [2.45, 2.75) is 6.92 Å². The summed E-state index contributed by atoms with van der Waals surface area (Å²) in [5.41, 5.74) is 0. The second-order valence-corrected chi connectivity index (χ2v) is 7.42. The lowest BCUT2D eigenvalue weighted by Gasteiger charge is -2.23. The van der Waals surface area contributed by atoms with E-state index < -0.39 is 9.25 Å². The summed E-state index contributed by atoms with van der Waals surface area (Å²) in [6, 6.07) is 0. The third kappa shape index (κ3) is 6.17. The van der Waals surface area contributed by atoms with Crippen LogP contribution in [-0.2, 0) is 4.79 Å². The molecule has 0 aromatic rings. The normalized spacial score (nSPS) is 13.0. The molecule has 1 N–H and O–H groups in total. The third-order valence-electron chi connectivity index (χ3n) is 0.393. The first kappa shape index (κ1) is 8.17. The first-order valence-corrected chi connectivity index (χ1v) is 5.66. The molecule has 0 saturated carbocycles. The molecular formula is C4H11NOS2. The topological polar surface area (TPSA) is 29.1 Å². The molecule has 1 amide bonds. The van der Waals surface area contributed by atoms with Crippen LogP contribution in [0.4, 0.5) is 0 Å². The van der Waals surface area contributed by atoms with E-state index in [1.807, 2.05) is 12.5 Å². The van der Waals surface area contributed by atoms with Gasteiger partial charge in [-0.1, -0.05) is 0 Å². The summed E-state index contributed by atoms with van der Waals surface area (Å²) in [7, 11) is -1.13. The lowest BCUT2D eigenvalue weighted by atomic mass is 10.8. The van der Waals surface area contributed by atoms with Crippen molar-refractivity contribution in [3.05, 3.63) is 0 Å². The minimum Gasteiger partial charge on any atom is -0.311 e. The fraction of sp³-hybridized carbons (Fsp3) is 0.750. The predicted octanol–water partition coefficient (Wildman–Crippen LogP) is 0.946. The van der Waals surface area contributed by atoms with Crippen molar-refractivity contribution in [1.29, 1.82) is 0 Å². The number of amides is 1. The highest BCUT2D eigenvalue weighted by atomic mass is 33.1. The molecule has 0 heterocycles. The fourth-order valence-corrected chi connectivity index (χ4v) is 1.44. The van der Waals surface area contributed by atoms with Gasteiger partial charge in [0.15, 0.2) is 0 Å². The van der Waals surface area contributed by atoms with E-state index >= 15 is 0 Å². The standard InChI is InChI=1S/C4H11NOS2/c1-4(6)5-8(2,3)7/h7H,1-3H3,(H,5,6). The summed E-state index contributed by atoms with van der Waals surface area (Å²) in [6.45, 7) is 1.49. The second kappa shape index (κ2) is 2.64. The Hall–Kier alpha value is 0.170. The van der Waals surface area contributed by atoms with Crippen LogP contribution in [0, 0.1) is 0 Å². The molecule has 0 aliphatic rings. The Morgan fingerprint density at radius 2 is 2.00 bits per heavy atom. The van der Waals surface area contributed by atoms with Crippen LogP contribution >= 0.6 is 20.9 Å². The number of carbonyl (C=O) groups is 1. The van der Waals surface area contributed by atoms with Gasteiger partial charge in [-0.15, -0.1) is 20.9 Å². The van der Waals surface area contributed by atoms with Crippen molar-refractivity contribution in [3.63, 3.8) is 0 Å². The largest absolute Gasteiger partial charge is 0.311 e. The van der Waals surface area contributed by atoms with Crippen LogP contribution < -0.4 is 4.72 Å². The van der Waals surface area contributed by atoms with Crippen LogP contribution in [-0.4, -0.2) is 18.4 Å². The van der Waals surface area contributed by atoms with E-state index in [-0.39, 0.29) is 5.91 Å². The van der Waals surface area contributed by atoms with Crippen LogP contribution in [0.25, 0.3) is 0 Å². The molecule has 0 unspecified atom stereocenters. The van der Waals surface area contributed by atoms with Crippen molar-refractivity contribution in [2.75, 3.05) is 12.5 Å². The average Bonchev–Trinajstić information content (AvgIpc) is 1.21. The number of hydrogen-bond donors (Lipinski definition) is 2. The molecule has 0 aromatic carbocycles. The van der Waals surface area contributed by atoms with Crippen LogP contribution in [0.2, 0.25) is 0 Å². The molecule has 0 spiro atoms. The van der Waals surface area contributed by atoms with E-state index in [0.29, 0.717) is 0 Å². The minimum absolute atomic E-state index is 0.0139. The van der Waals surface area contributed by atoms with Crippen molar-refractivity contribution < 1.29 is 4.79 Å². The van der Waals surface area contributed by atoms with E-state index in [2.05, 4.69) is 16.4 Å². The molecule has 2 nitrogen and oxygen atoms in total. The number of thiol groups is 1. The SMILES string of the molecule is CC(=O)NS(C)(C)S. The Kier molecular flexibility index (Phi) is 2.70. The minimum atomic E-state index is -1.13. The summed E-state index contributed by atoms with van der Waals surface area (Å²) < 4.78 is 2.69. The lowest BCUT2D eigenvalue weighted by molar-refractivity contribution is -0.117. The molecule has 0 saturated heterocycles. The van der Waals surface area contributed by atoms with Gasteiger partial charge in [0.05, 0.1) is 0 Å². The fourth-order valence-electron chi connectivity index (χ4n) is 0.352. The van der Waals surface area contributed by atoms with Crippen molar-refractivity contribution in [2.24, 2.45) is 0 Å². The van der Waals surface area contributed by atoms with Gasteiger partial charge in [-0.3, -0.25) is 4.79 Å². The van der Waals surface area contributed by atoms with Gasteiger partial charge in [0.1, 0.15) is 0 Å². The number of hydrogen-bond acceptors (Lipinski definition) is 2. The van der Waals surface area contributed by atoms with Crippen molar-refractivity contribution in [1.82, 2.24) is 4.72 Å². The number of rotatable bonds is 1. The van der Waals surface area contributed by atoms with E-state index in [1.165, 1.54) is 6.92 Å². The zero-order valence-corrected chi connectivity index (χ0v) is 6.97. The summed E-state index contributed by atoms with van der Waals surface area (Å²) >= 11 is 4.15. The highest BCUT2D eigenvalue weighted by molar-refractivity contribution is 8.86. The Morgan fingerprint density at radius 3 is 2.00 bits per heavy atom. The third-order valence-corrected chi connectivity index (χ3v) is 1.45. The summed E-state index contributed by atoms with van der Waals surface area (Å²) in [4.78, 5) is 10.3. The monoisotopic (exact) mass is 153 g/mol. The summed E-state index contributed by atoms with van der Waals surface area (Å²) in [5, 5.41) is 0. The maximum Gasteiger partial charge on any atom is 0.226 e. The van der Waals surface area contributed by atoms with Gasteiger partial charge >= 0.3 is 0 Å². The molecule has 0 aliphatic carbocycles. The maximum atomic E-state index is 10.3. The molecule has 4 heteroatoms. The second-order valence-electron chi connectivity index (χ2n) is 1.93. The van der Waals surface area contributed by atoms with Crippen molar-refractivity contribution >= 4 is 26.8 Å². The van der Waals surface area contributed by atoms with Gasteiger partial charge in [-0.2, -0.15) is 0 Å². The Morgan fingerprint density at radius 1 is 1.62 bits per heavy atom. The summed E-state index contributed by atoms with van der Waals surface area (Å²) in [5.74, 6) is -0.0139. The Balaban J connectivity index is 3.55. The molecule has 0 radical (unpaired) electrons. The van der Waals surface area contributed by atoms with Gasteiger partial charge in [0.2, 0.25) is 5.91 Å². The molecule has 0 aliphatic heterocycles. The quantitative estimate of drug-likeness (QED) is 0.426. The van der Waals surface area contributed by atoms with E-state index in [0.717, 1.165) is 0 Å². The van der Waals surface area contributed by atoms with E-state index in [9.17, 15) is 4.79 Å². The molecule has 8 heavy (non-hydrogen) atoms. The average molecular weight is 153 g/mol. The van der Waals surface area contributed by atoms with Gasteiger partial charge in [0.25, 0.3) is 0 Å². The zero-order chi connectivity index (χ0) is 6.78. The van der Waals surface area contributed by atoms with Gasteiger partial charge < -0.3 is 4.72 Å². The van der Waals surface area contributed by atoms with E-state index in [1.54, 1.807) is 0 Å². The zero-order valence-electron chi connectivity index (χ0n) is 5.26. The Labute approximate surface area is 56.3 Å². The molecule has 0 fully saturated rings. The maximum absolute atomic E-state index is 10.3. The van der Waals surface area contributed by atoms with Crippen LogP contribution in [0.15, 0.2) is 0 Å². The van der Waals surface area contributed by atoms with Gasteiger partial charge in [-0.05, 0) is 12.5 Å². The molecule has 0 aromatic heterocycles. The van der Waals surface area contributed by atoms with Crippen molar-refractivity contribution in [3.8, 4) is 0 Å².